The predicted molar refractivity (Wildman–Crippen MR) is 72.5 cm³/mol. The van der Waals surface area contributed by atoms with E-state index in [1.54, 1.807) is 18.2 Å². The summed E-state index contributed by atoms with van der Waals surface area (Å²) in [5.41, 5.74) is 0.378. The molecule has 1 fully saturated rings. The summed E-state index contributed by atoms with van der Waals surface area (Å²) in [6.07, 6.45) is 0. The third-order valence-corrected chi connectivity index (χ3v) is 4.90. The van der Waals surface area contributed by atoms with Gasteiger partial charge in [-0.1, -0.05) is 6.07 Å². The molecule has 0 aromatic heterocycles. The first-order chi connectivity index (χ1) is 9.12. The highest BCUT2D eigenvalue weighted by Crippen LogP contribution is 2.13. The maximum Gasteiger partial charge on any atom is 0.179 e. The molecule has 1 aromatic rings. The van der Waals surface area contributed by atoms with Gasteiger partial charge in [0.25, 0.3) is 0 Å². The highest BCUT2D eigenvalue weighted by Gasteiger charge is 2.18. The molecule has 1 heterocycles. The number of rotatable bonds is 4. The number of nitriles is 1. The summed E-state index contributed by atoms with van der Waals surface area (Å²) in [5, 5.41) is 12.0. The van der Waals surface area contributed by atoms with Gasteiger partial charge in [-0.2, -0.15) is 5.26 Å². The van der Waals surface area contributed by atoms with Crippen LogP contribution >= 0.6 is 0 Å². The normalized spacial score (nSPS) is 17.0. The van der Waals surface area contributed by atoms with Gasteiger partial charge < -0.3 is 5.32 Å². The minimum atomic E-state index is -3.31. The quantitative estimate of drug-likeness (QED) is 0.854. The molecule has 1 aromatic carbocycles. The minimum Gasteiger partial charge on any atom is -0.314 e. The van der Waals surface area contributed by atoms with Crippen LogP contribution in [0.3, 0.4) is 0 Å². The second kappa shape index (κ2) is 6.15. The van der Waals surface area contributed by atoms with Gasteiger partial charge in [-0.3, -0.25) is 4.90 Å². The molecule has 0 saturated carbocycles. The fraction of sp³-hybridized carbons (Fsp3) is 0.462. The summed E-state index contributed by atoms with van der Waals surface area (Å²) < 4.78 is 24.4. The Morgan fingerprint density at radius 3 is 2.74 bits per heavy atom. The molecule has 1 N–H and O–H groups in total. The molecular weight excluding hydrogens is 262 g/mol. The van der Waals surface area contributed by atoms with E-state index < -0.39 is 9.84 Å². The van der Waals surface area contributed by atoms with Gasteiger partial charge in [-0.25, -0.2) is 8.42 Å². The lowest BCUT2D eigenvalue weighted by atomic mass is 10.2. The number of piperazine rings is 1. The highest BCUT2D eigenvalue weighted by molar-refractivity contribution is 7.91. The SMILES string of the molecule is N#Cc1cccc(S(=O)(=O)CCN2CCNCC2)c1. The Balaban J connectivity index is 2.03. The van der Waals surface area contributed by atoms with E-state index in [0.717, 1.165) is 26.2 Å². The van der Waals surface area contributed by atoms with E-state index in [1.807, 2.05) is 6.07 Å². The maximum atomic E-state index is 12.2. The summed E-state index contributed by atoms with van der Waals surface area (Å²) in [4.78, 5) is 2.38. The molecule has 1 aliphatic rings. The van der Waals surface area contributed by atoms with Crippen LogP contribution in [0.15, 0.2) is 29.2 Å². The molecule has 6 heteroatoms. The lowest BCUT2D eigenvalue weighted by Gasteiger charge is -2.26. The van der Waals surface area contributed by atoms with E-state index in [1.165, 1.54) is 6.07 Å². The van der Waals surface area contributed by atoms with Crippen LogP contribution in [0.5, 0.6) is 0 Å². The monoisotopic (exact) mass is 279 g/mol. The van der Waals surface area contributed by atoms with Crippen LogP contribution in [0.25, 0.3) is 0 Å². The van der Waals surface area contributed by atoms with Crippen molar-refractivity contribution in [2.45, 2.75) is 4.90 Å². The van der Waals surface area contributed by atoms with Gasteiger partial charge in [0, 0.05) is 32.7 Å². The summed E-state index contributed by atoms with van der Waals surface area (Å²) in [6, 6.07) is 8.16. The Labute approximate surface area is 113 Å². The van der Waals surface area contributed by atoms with Gasteiger partial charge in [0.15, 0.2) is 9.84 Å². The standard InChI is InChI=1S/C13H17N3O2S/c14-11-12-2-1-3-13(10-12)19(17,18)9-8-16-6-4-15-5-7-16/h1-3,10,15H,4-9H2. The van der Waals surface area contributed by atoms with Gasteiger partial charge in [0.05, 0.1) is 22.3 Å². The zero-order valence-electron chi connectivity index (χ0n) is 10.7. The number of sulfone groups is 1. The van der Waals surface area contributed by atoms with Gasteiger partial charge in [-0.15, -0.1) is 0 Å². The molecule has 0 aliphatic carbocycles. The molecule has 1 saturated heterocycles. The van der Waals surface area contributed by atoms with Gasteiger partial charge in [-0.05, 0) is 18.2 Å². The fourth-order valence-electron chi connectivity index (χ4n) is 2.06. The van der Waals surface area contributed by atoms with E-state index in [0.29, 0.717) is 12.1 Å². The average Bonchev–Trinajstić information content (AvgIpc) is 2.46. The van der Waals surface area contributed by atoms with Crippen LogP contribution in [-0.4, -0.2) is 51.8 Å². The number of hydrogen-bond donors (Lipinski definition) is 1. The Morgan fingerprint density at radius 1 is 1.32 bits per heavy atom. The Kier molecular flexibility index (Phi) is 4.53. The van der Waals surface area contributed by atoms with Crippen molar-refractivity contribution < 1.29 is 8.42 Å². The van der Waals surface area contributed by atoms with Gasteiger partial charge in [0.2, 0.25) is 0 Å². The molecule has 0 atom stereocenters. The Hall–Kier alpha value is -1.42. The first-order valence-corrected chi connectivity index (χ1v) is 7.93. The molecule has 2 rings (SSSR count). The van der Waals surface area contributed by atoms with Gasteiger partial charge >= 0.3 is 0 Å². The molecule has 0 radical (unpaired) electrons. The topological polar surface area (TPSA) is 73.2 Å². The lowest BCUT2D eigenvalue weighted by molar-refractivity contribution is 0.254. The first kappa shape index (κ1) is 14.0. The number of nitrogens with one attached hydrogen (secondary N) is 1. The van der Waals surface area contributed by atoms with Crippen molar-refractivity contribution in [2.75, 3.05) is 38.5 Å². The molecule has 0 amide bonds. The van der Waals surface area contributed by atoms with Crippen molar-refractivity contribution in [2.24, 2.45) is 0 Å². The molecule has 0 spiro atoms. The molecule has 19 heavy (non-hydrogen) atoms. The van der Waals surface area contributed by atoms with Crippen molar-refractivity contribution in [1.29, 1.82) is 5.26 Å². The van der Waals surface area contributed by atoms with Crippen LogP contribution in [0, 0.1) is 11.3 Å². The lowest BCUT2D eigenvalue weighted by Crippen LogP contribution is -2.45. The molecule has 102 valence electrons. The zero-order chi connectivity index (χ0) is 13.7. The summed E-state index contributed by atoms with van der Waals surface area (Å²) >= 11 is 0. The van der Waals surface area contributed by atoms with Crippen LogP contribution in [0.2, 0.25) is 0 Å². The summed E-state index contributed by atoms with van der Waals surface area (Å²) in [6.45, 7) is 4.12. The first-order valence-electron chi connectivity index (χ1n) is 6.28. The largest absolute Gasteiger partial charge is 0.314 e. The zero-order valence-corrected chi connectivity index (χ0v) is 11.5. The van der Waals surface area contributed by atoms with Crippen molar-refractivity contribution in [3.05, 3.63) is 29.8 Å². The second-order valence-electron chi connectivity index (χ2n) is 4.55. The smallest absolute Gasteiger partial charge is 0.179 e. The minimum absolute atomic E-state index is 0.0991. The van der Waals surface area contributed by atoms with Crippen LogP contribution in [0.1, 0.15) is 5.56 Å². The van der Waals surface area contributed by atoms with E-state index in [4.69, 9.17) is 5.26 Å². The van der Waals surface area contributed by atoms with Crippen molar-refractivity contribution in [1.82, 2.24) is 10.2 Å². The van der Waals surface area contributed by atoms with E-state index in [2.05, 4.69) is 10.2 Å². The molecule has 5 nitrogen and oxygen atoms in total. The van der Waals surface area contributed by atoms with Gasteiger partial charge in [0.1, 0.15) is 0 Å². The molecular formula is C13H17N3O2S. The van der Waals surface area contributed by atoms with E-state index in [-0.39, 0.29) is 10.6 Å². The third kappa shape index (κ3) is 3.77. The Bertz CT molecular complexity index is 572. The van der Waals surface area contributed by atoms with E-state index in [9.17, 15) is 8.42 Å². The van der Waals surface area contributed by atoms with Crippen molar-refractivity contribution in [3.8, 4) is 6.07 Å². The van der Waals surface area contributed by atoms with Crippen LogP contribution in [0.4, 0.5) is 0 Å². The van der Waals surface area contributed by atoms with Crippen molar-refractivity contribution in [3.63, 3.8) is 0 Å². The highest BCUT2D eigenvalue weighted by atomic mass is 32.2. The van der Waals surface area contributed by atoms with Crippen LogP contribution < -0.4 is 5.32 Å². The van der Waals surface area contributed by atoms with E-state index >= 15 is 0 Å². The fourth-order valence-corrected chi connectivity index (χ4v) is 3.39. The Morgan fingerprint density at radius 2 is 2.05 bits per heavy atom. The van der Waals surface area contributed by atoms with Crippen molar-refractivity contribution >= 4 is 9.84 Å². The number of hydrogen-bond acceptors (Lipinski definition) is 5. The maximum absolute atomic E-state index is 12.2. The third-order valence-electron chi connectivity index (χ3n) is 3.21. The number of nitrogens with zero attached hydrogens (tertiary/aromatic N) is 2. The predicted octanol–water partition coefficient (Wildman–Crippen LogP) is 0.237. The number of benzene rings is 1. The molecule has 0 unspecified atom stereocenters. The molecule has 1 aliphatic heterocycles. The average molecular weight is 279 g/mol. The molecule has 0 bridgehead atoms. The summed E-state index contributed by atoms with van der Waals surface area (Å²) in [7, 11) is -3.31. The second-order valence-corrected chi connectivity index (χ2v) is 6.66. The van der Waals surface area contributed by atoms with Crippen LogP contribution in [-0.2, 0) is 9.84 Å². The summed E-state index contributed by atoms with van der Waals surface area (Å²) in [5.74, 6) is 0.0991.